The molecule has 3 N–H and O–H groups in total. The van der Waals surface area contributed by atoms with Gasteiger partial charge in [-0.1, -0.05) is 68.2 Å². The average molecular weight is 493 g/mol. The van der Waals surface area contributed by atoms with Gasteiger partial charge in [-0.2, -0.15) is 0 Å². The van der Waals surface area contributed by atoms with Crippen molar-refractivity contribution in [3.05, 3.63) is 59.4 Å². The molecule has 0 radical (unpaired) electrons. The Kier molecular flexibility index (Phi) is 7.76. The third-order valence-electron chi connectivity index (χ3n) is 9.71. The van der Waals surface area contributed by atoms with Crippen molar-refractivity contribution in [2.75, 3.05) is 0 Å². The summed E-state index contributed by atoms with van der Waals surface area (Å²) < 4.78 is 5.88. The van der Waals surface area contributed by atoms with Gasteiger partial charge in [-0.3, -0.25) is 0 Å². The number of aliphatic hydroxyl groups excluding tert-OH is 3. The van der Waals surface area contributed by atoms with Gasteiger partial charge >= 0.3 is 0 Å². The number of fused-ring (bicyclic) bond motifs is 2. The maximum absolute atomic E-state index is 10.7. The van der Waals surface area contributed by atoms with Gasteiger partial charge < -0.3 is 19.7 Å². The van der Waals surface area contributed by atoms with Crippen molar-refractivity contribution in [3.63, 3.8) is 0 Å². The molecule has 1 heterocycles. The van der Waals surface area contributed by atoms with Crippen LogP contribution in [0.15, 0.2) is 58.0 Å². The van der Waals surface area contributed by atoms with Gasteiger partial charge in [0.15, 0.2) is 0 Å². The molecule has 0 spiro atoms. The van der Waals surface area contributed by atoms with E-state index in [2.05, 4.69) is 26.0 Å². The Morgan fingerprint density at radius 3 is 2.64 bits per heavy atom. The SMILES string of the molecule is C[C@H](CCC[C@@H](O)c1cc2ccccc2o1)[C@H]1CC[C@H]2/C(=C/C=C3C[C@@H](O)C[C@H](O)C3)CCC[C@]12C. The lowest BCUT2D eigenvalue weighted by Gasteiger charge is -2.44. The highest BCUT2D eigenvalue weighted by Gasteiger charge is 2.50. The van der Waals surface area contributed by atoms with Crippen LogP contribution in [0.4, 0.5) is 0 Å². The number of allylic oxidation sites excluding steroid dienone is 3. The second-order valence-corrected chi connectivity index (χ2v) is 12.2. The van der Waals surface area contributed by atoms with Crippen molar-refractivity contribution >= 4 is 11.0 Å². The maximum Gasteiger partial charge on any atom is 0.134 e. The summed E-state index contributed by atoms with van der Waals surface area (Å²) in [5, 5.41) is 31.9. The normalized spacial score (nSPS) is 33.6. The molecular weight excluding hydrogens is 448 g/mol. The first-order valence-corrected chi connectivity index (χ1v) is 14.2. The zero-order chi connectivity index (χ0) is 25.3. The number of aliphatic hydroxyl groups is 3. The smallest absolute Gasteiger partial charge is 0.134 e. The maximum atomic E-state index is 10.7. The van der Waals surface area contributed by atoms with Crippen molar-refractivity contribution in [1.29, 1.82) is 0 Å². The molecule has 3 aliphatic rings. The van der Waals surface area contributed by atoms with E-state index in [-0.39, 0.29) is 0 Å². The summed E-state index contributed by atoms with van der Waals surface area (Å²) in [6, 6.07) is 9.92. The molecule has 3 fully saturated rings. The van der Waals surface area contributed by atoms with Gasteiger partial charge in [0.25, 0.3) is 0 Å². The zero-order valence-corrected chi connectivity index (χ0v) is 22.0. The van der Waals surface area contributed by atoms with Gasteiger partial charge in [-0.25, -0.2) is 0 Å². The van der Waals surface area contributed by atoms with Crippen LogP contribution in [0.3, 0.4) is 0 Å². The fourth-order valence-corrected chi connectivity index (χ4v) is 7.89. The minimum Gasteiger partial charge on any atom is -0.458 e. The summed E-state index contributed by atoms with van der Waals surface area (Å²) in [7, 11) is 0. The number of hydrogen-bond donors (Lipinski definition) is 3. The van der Waals surface area contributed by atoms with Crippen LogP contribution in [0, 0.1) is 23.2 Å². The Hall–Kier alpha value is -1.88. The summed E-state index contributed by atoms with van der Waals surface area (Å²) in [6.45, 7) is 4.96. The fraction of sp³-hybridized carbons (Fsp3) is 0.625. The van der Waals surface area contributed by atoms with Gasteiger partial charge in [0.1, 0.15) is 17.4 Å². The molecule has 0 saturated heterocycles. The van der Waals surface area contributed by atoms with Crippen molar-refractivity contribution < 1.29 is 19.7 Å². The van der Waals surface area contributed by atoms with Gasteiger partial charge in [0, 0.05) is 5.39 Å². The third kappa shape index (κ3) is 5.37. The summed E-state index contributed by atoms with van der Waals surface area (Å²) in [4.78, 5) is 0. The molecule has 0 amide bonds. The molecule has 0 unspecified atom stereocenters. The summed E-state index contributed by atoms with van der Waals surface area (Å²) in [6.07, 6.45) is 14.3. The highest BCUT2D eigenvalue weighted by atomic mass is 16.4. The van der Waals surface area contributed by atoms with E-state index in [1.807, 2.05) is 30.3 Å². The first-order valence-electron chi connectivity index (χ1n) is 14.2. The average Bonchev–Trinajstić information content (AvgIpc) is 3.43. The van der Waals surface area contributed by atoms with Crippen LogP contribution in [0.1, 0.15) is 96.3 Å². The molecule has 1 aromatic carbocycles. The summed E-state index contributed by atoms with van der Waals surface area (Å²) in [5.41, 5.74) is 3.97. The summed E-state index contributed by atoms with van der Waals surface area (Å²) in [5.74, 6) is 2.70. The number of para-hydroxylation sites is 1. The second kappa shape index (κ2) is 10.8. The number of benzene rings is 1. The topological polar surface area (TPSA) is 73.8 Å². The molecule has 0 aliphatic heterocycles. The molecule has 3 aliphatic carbocycles. The standard InChI is InChI=1S/C32H44O4/c1-21(7-5-10-29(35)31-19-24-8-3-4-11-30(24)36-31)27-14-15-28-23(9-6-16-32(27,28)2)13-12-22-17-25(33)20-26(34)18-22/h3-4,8,11-13,19,21,25-29,33-35H,5-7,9-10,14-18,20H2,1-2H3/b23-13+/t21-,25-,26-,27-,28+,29-,32-/m1/s1. The quantitative estimate of drug-likeness (QED) is 0.381. The largest absolute Gasteiger partial charge is 0.458 e. The van der Waals surface area contributed by atoms with Crippen LogP contribution >= 0.6 is 0 Å². The molecular formula is C32H44O4. The van der Waals surface area contributed by atoms with E-state index in [1.54, 1.807) is 5.57 Å². The number of hydrogen-bond acceptors (Lipinski definition) is 4. The van der Waals surface area contributed by atoms with Crippen LogP contribution in [0.2, 0.25) is 0 Å². The Balaban J connectivity index is 1.18. The van der Waals surface area contributed by atoms with Gasteiger partial charge in [-0.15, -0.1) is 0 Å². The van der Waals surface area contributed by atoms with Crippen molar-refractivity contribution in [2.24, 2.45) is 23.2 Å². The van der Waals surface area contributed by atoms with Crippen molar-refractivity contribution in [1.82, 2.24) is 0 Å². The fourth-order valence-electron chi connectivity index (χ4n) is 7.89. The first kappa shape index (κ1) is 25.8. The van der Waals surface area contributed by atoms with Crippen molar-refractivity contribution in [3.8, 4) is 0 Å². The third-order valence-corrected chi connectivity index (χ3v) is 9.71. The molecule has 196 valence electrons. The molecule has 3 saturated carbocycles. The Bertz CT molecular complexity index is 1050. The number of furan rings is 1. The van der Waals surface area contributed by atoms with E-state index in [0.29, 0.717) is 42.3 Å². The molecule has 5 rings (SSSR count). The van der Waals surface area contributed by atoms with E-state index in [1.165, 1.54) is 37.7 Å². The summed E-state index contributed by atoms with van der Waals surface area (Å²) >= 11 is 0. The van der Waals surface area contributed by atoms with Crippen LogP contribution in [-0.2, 0) is 0 Å². The van der Waals surface area contributed by atoms with Crippen LogP contribution in [0.5, 0.6) is 0 Å². The van der Waals surface area contributed by atoms with Crippen LogP contribution in [-0.4, -0.2) is 27.5 Å². The van der Waals surface area contributed by atoms with Gasteiger partial charge in [0.05, 0.1) is 12.2 Å². The van der Waals surface area contributed by atoms with Crippen LogP contribution in [0.25, 0.3) is 11.0 Å². The molecule has 4 heteroatoms. The molecule has 0 bridgehead atoms. The van der Waals surface area contributed by atoms with E-state index >= 15 is 0 Å². The van der Waals surface area contributed by atoms with E-state index in [9.17, 15) is 15.3 Å². The molecule has 2 aromatic rings. The Morgan fingerprint density at radius 2 is 1.86 bits per heavy atom. The molecule has 36 heavy (non-hydrogen) atoms. The lowest BCUT2D eigenvalue weighted by atomic mass is 9.60. The monoisotopic (exact) mass is 492 g/mol. The zero-order valence-electron chi connectivity index (χ0n) is 22.0. The van der Waals surface area contributed by atoms with E-state index in [4.69, 9.17) is 4.42 Å². The predicted molar refractivity (Wildman–Crippen MR) is 144 cm³/mol. The van der Waals surface area contributed by atoms with Crippen molar-refractivity contribution in [2.45, 2.75) is 103 Å². The minimum atomic E-state index is -0.536. The van der Waals surface area contributed by atoms with E-state index < -0.39 is 18.3 Å². The minimum absolute atomic E-state index is 0.352. The van der Waals surface area contributed by atoms with Gasteiger partial charge in [0.2, 0.25) is 0 Å². The second-order valence-electron chi connectivity index (χ2n) is 12.2. The highest BCUT2D eigenvalue weighted by Crippen LogP contribution is 2.60. The molecule has 4 nitrogen and oxygen atoms in total. The number of rotatable bonds is 7. The van der Waals surface area contributed by atoms with Gasteiger partial charge in [-0.05, 0) is 93.1 Å². The van der Waals surface area contributed by atoms with E-state index in [0.717, 1.165) is 36.1 Å². The lowest BCUT2D eigenvalue weighted by Crippen LogP contribution is -2.36. The Morgan fingerprint density at radius 1 is 1.08 bits per heavy atom. The Labute approximate surface area is 216 Å². The highest BCUT2D eigenvalue weighted by molar-refractivity contribution is 5.77. The first-order chi connectivity index (χ1) is 17.3. The molecule has 7 atom stereocenters. The lowest BCUT2D eigenvalue weighted by molar-refractivity contribution is 0.0609. The predicted octanol–water partition coefficient (Wildman–Crippen LogP) is 7.25. The molecule has 1 aromatic heterocycles. The van der Waals surface area contributed by atoms with Crippen LogP contribution < -0.4 is 0 Å².